The summed E-state index contributed by atoms with van der Waals surface area (Å²) in [5.41, 5.74) is 0.239. The van der Waals surface area contributed by atoms with E-state index in [1.54, 1.807) is 16.7 Å². The Kier molecular flexibility index (Phi) is 8.10. The zero-order valence-corrected chi connectivity index (χ0v) is 21.6. The predicted octanol–water partition coefficient (Wildman–Crippen LogP) is 5.02. The summed E-state index contributed by atoms with van der Waals surface area (Å²) >= 11 is 4.48. The third-order valence-electron chi connectivity index (χ3n) is 5.51. The number of phenolic OH excluding ortho intramolecular Hbond substituents is 1. The van der Waals surface area contributed by atoms with Crippen LogP contribution in [0.2, 0.25) is 0 Å². The molecule has 2 aromatic carbocycles. The van der Waals surface area contributed by atoms with E-state index in [1.165, 1.54) is 12.1 Å². The van der Waals surface area contributed by atoms with Crippen LogP contribution in [0.1, 0.15) is 12.5 Å². The number of aromatic hydroxyl groups is 1. The first-order valence-electron chi connectivity index (χ1n) is 11.1. The molecule has 1 fully saturated rings. The monoisotopic (exact) mass is 585 g/mol. The van der Waals surface area contributed by atoms with Gasteiger partial charge in [0.25, 0.3) is 0 Å². The highest BCUT2D eigenvalue weighted by atomic mass is 79.9. The van der Waals surface area contributed by atoms with Gasteiger partial charge in [0.15, 0.2) is 11.0 Å². The van der Waals surface area contributed by atoms with Gasteiger partial charge >= 0.3 is 6.18 Å². The molecule has 0 unspecified atom stereocenters. The lowest BCUT2D eigenvalue weighted by atomic mass is 10.1. The number of alkyl halides is 3. The predicted molar refractivity (Wildman–Crippen MR) is 134 cm³/mol. The third kappa shape index (κ3) is 5.95. The maximum Gasteiger partial charge on any atom is 0.416 e. The highest BCUT2D eigenvalue weighted by molar-refractivity contribution is 9.10. The molecule has 8 nitrogen and oxygen atoms in total. The number of hydrogen-bond acceptors (Lipinski definition) is 7. The van der Waals surface area contributed by atoms with Crippen LogP contribution in [0.25, 0.3) is 11.4 Å². The number of carbonyl (C=O) groups is 1. The normalized spacial score (nSPS) is 14.2. The van der Waals surface area contributed by atoms with Gasteiger partial charge in [-0.1, -0.05) is 27.7 Å². The second-order valence-electron chi connectivity index (χ2n) is 7.88. The van der Waals surface area contributed by atoms with Crippen LogP contribution in [-0.2, 0) is 22.3 Å². The van der Waals surface area contributed by atoms with Gasteiger partial charge in [-0.3, -0.25) is 4.79 Å². The Labute approximate surface area is 218 Å². The van der Waals surface area contributed by atoms with Gasteiger partial charge in [-0.25, -0.2) is 0 Å². The third-order valence-corrected chi connectivity index (χ3v) is 6.97. The molecule has 2 heterocycles. The molecular formula is C23H23BrF3N5O3S. The Morgan fingerprint density at radius 3 is 2.64 bits per heavy atom. The lowest BCUT2D eigenvalue weighted by Crippen LogP contribution is -2.37. The maximum atomic E-state index is 13.3. The second-order valence-corrected chi connectivity index (χ2v) is 9.74. The zero-order valence-electron chi connectivity index (χ0n) is 19.2. The molecule has 0 atom stereocenters. The van der Waals surface area contributed by atoms with Crippen LogP contribution < -0.4 is 10.2 Å². The van der Waals surface area contributed by atoms with Crippen molar-refractivity contribution in [2.45, 2.75) is 24.8 Å². The van der Waals surface area contributed by atoms with Crippen molar-refractivity contribution < 1.29 is 27.8 Å². The Bertz CT molecular complexity index is 1250. The number of carbonyl (C=O) groups excluding carboxylic acids is 1. The molecule has 3 aromatic rings. The molecule has 0 radical (unpaired) electrons. The van der Waals surface area contributed by atoms with Crippen molar-refractivity contribution in [1.29, 1.82) is 0 Å². The number of halogens is 4. The van der Waals surface area contributed by atoms with E-state index in [4.69, 9.17) is 4.74 Å². The van der Waals surface area contributed by atoms with Gasteiger partial charge in [0.2, 0.25) is 5.91 Å². The Morgan fingerprint density at radius 1 is 1.19 bits per heavy atom. The second kappa shape index (κ2) is 11.1. The van der Waals surface area contributed by atoms with E-state index in [-0.39, 0.29) is 17.2 Å². The number of thioether (sulfide) groups is 1. The van der Waals surface area contributed by atoms with Crippen molar-refractivity contribution in [3.63, 3.8) is 0 Å². The SMILES string of the molecule is CCn1c(SCC(=O)Nc2cc(C(F)(F)F)ccc2N2CCOCC2)nnc1-c1cc(Br)ccc1O. The quantitative estimate of drug-likeness (QED) is 0.376. The van der Waals surface area contributed by atoms with Crippen LogP contribution in [0.3, 0.4) is 0 Å². The van der Waals surface area contributed by atoms with E-state index < -0.39 is 17.6 Å². The molecule has 0 spiro atoms. The van der Waals surface area contributed by atoms with Crippen molar-refractivity contribution in [2.75, 3.05) is 42.3 Å². The first kappa shape index (κ1) is 26.3. The fourth-order valence-corrected chi connectivity index (χ4v) is 4.94. The first-order valence-corrected chi connectivity index (χ1v) is 12.8. The minimum atomic E-state index is -4.54. The number of aromatic nitrogens is 3. The number of phenols is 1. The standard InChI is InChI=1S/C23H23BrF3N5O3S/c1-2-32-21(16-12-15(24)4-6-19(16)33)29-30-22(32)36-13-20(34)28-17-11-14(23(25,26)27)3-5-18(17)31-7-9-35-10-8-31/h3-6,11-12,33H,2,7-10,13H2,1H3,(H,28,34). The van der Waals surface area contributed by atoms with Gasteiger partial charge in [0, 0.05) is 24.1 Å². The smallest absolute Gasteiger partial charge is 0.416 e. The average molecular weight is 586 g/mol. The molecule has 0 bridgehead atoms. The fraction of sp³-hybridized carbons (Fsp3) is 0.348. The van der Waals surface area contributed by atoms with Crippen molar-refractivity contribution >= 4 is 45.0 Å². The summed E-state index contributed by atoms with van der Waals surface area (Å²) in [6, 6.07) is 8.29. The summed E-state index contributed by atoms with van der Waals surface area (Å²) < 4.78 is 47.9. The molecule has 0 aliphatic carbocycles. The van der Waals surface area contributed by atoms with E-state index in [1.807, 2.05) is 11.8 Å². The highest BCUT2D eigenvalue weighted by Crippen LogP contribution is 2.36. The number of ether oxygens (including phenoxy) is 1. The highest BCUT2D eigenvalue weighted by Gasteiger charge is 2.32. The molecule has 0 saturated carbocycles. The van der Waals surface area contributed by atoms with E-state index in [2.05, 4.69) is 31.4 Å². The van der Waals surface area contributed by atoms with E-state index >= 15 is 0 Å². The minimum absolute atomic E-state index is 0.0368. The Hall–Kier alpha value is -2.77. The molecule has 1 saturated heterocycles. The van der Waals surface area contributed by atoms with Gasteiger partial charge in [-0.05, 0) is 43.3 Å². The van der Waals surface area contributed by atoms with E-state index in [9.17, 15) is 23.1 Å². The molecular weight excluding hydrogens is 563 g/mol. The van der Waals surface area contributed by atoms with E-state index in [0.29, 0.717) is 55.1 Å². The van der Waals surface area contributed by atoms with Gasteiger partial charge in [0.05, 0.1) is 41.5 Å². The molecule has 4 rings (SSSR count). The summed E-state index contributed by atoms with van der Waals surface area (Å²) in [7, 11) is 0. The topological polar surface area (TPSA) is 92.5 Å². The fourth-order valence-electron chi connectivity index (χ4n) is 3.78. The van der Waals surface area contributed by atoms with Gasteiger partial charge in [0.1, 0.15) is 5.75 Å². The Balaban J connectivity index is 1.52. The maximum absolute atomic E-state index is 13.3. The number of amides is 1. The van der Waals surface area contributed by atoms with Crippen molar-refractivity contribution in [3.8, 4) is 17.1 Å². The number of morpholine rings is 1. The zero-order chi connectivity index (χ0) is 25.9. The molecule has 1 aromatic heterocycles. The molecule has 2 N–H and O–H groups in total. The molecule has 13 heteroatoms. The van der Waals surface area contributed by atoms with Crippen LogP contribution >= 0.6 is 27.7 Å². The number of benzene rings is 2. The molecule has 1 aliphatic rings. The van der Waals surface area contributed by atoms with Crippen LogP contribution in [0.15, 0.2) is 46.0 Å². The van der Waals surface area contributed by atoms with Gasteiger partial charge in [-0.2, -0.15) is 13.2 Å². The van der Waals surface area contributed by atoms with Crippen LogP contribution in [0.5, 0.6) is 5.75 Å². The largest absolute Gasteiger partial charge is 0.507 e. The summed E-state index contributed by atoms with van der Waals surface area (Å²) in [5.74, 6) is -0.102. The number of nitrogens with one attached hydrogen (secondary N) is 1. The number of nitrogens with zero attached hydrogens (tertiary/aromatic N) is 4. The van der Waals surface area contributed by atoms with Crippen LogP contribution in [0, 0.1) is 0 Å². The lowest BCUT2D eigenvalue weighted by Gasteiger charge is -2.31. The number of rotatable bonds is 7. The van der Waals surface area contributed by atoms with Gasteiger partial charge < -0.3 is 24.6 Å². The minimum Gasteiger partial charge on any atom is -0.507 e. The summed E-state index contributed by atoms with van der Waals surface area (Å²) in [6.45, 7) is 4.28. The van der Waals surface area contributed by atoms with Crippen LogP contribution in [0.4, 0.5) is 24.5 Å². The summed E-state index contributed by atoms with van der Waals surface area (Å²) in [4.78, 5) is 14.7. The number of hydrogen-bond donors (Lipinski definition) is 2. The summed E-state index contributed by atoms with van der Waals surface area (Å²) in [6.07, 6.45) is -4.54. The van der Waals surface area contributed by atoms with Crippen molar-refractivity contribution in [3.05, 3.63) is 46.4 Å². The number of anilines is 2. The molecule has 36 heavy (non-hydrogen) atoms. The average Bonchev–Trinajstić information content (AvgIpc) is 3.27. The first-order chi connectivity index (χ1) is 17.2. The van der Waals surface area contributed by atoms with Crippen molar-refractivity contribution in [2.24, 2.45) is 0 Å². The molecule has 1 aliphatic heterocycles. The lowest BCUT2D eigenvalue weighted by molar-refractivity contribution is -0.137. The van der Waals surface area contributed by atoms with Gasteiger partial charge in [-0.15, -0.1) is 10.2 Å². The molecule has 1 amide bonds. The van der Waals surface area contributed by atoms with Crippen molar-refractivity contribution in [1.82, 2.24) is 14.8 Å². The van der Waals surface area contributed by atoms with Crippen LogP contribution in [-0.4, -0.2) is 57.8 Å². The molecule has 192 valence electrons. The Morgan fingerprint density at radius 2 is 1.94 bits per heavy atom. The van der Waals surface area contributed by atoms with E-state index in [0.717, 1.165) is 28.4 Å². The summed E-state index contributed by atoms with van der Waals surface area (Å²) in [5, 5.41) is 21.6.